The van der Waals surface area contributed by atoms with Gasteiger partial charge in [0.2, 0.25) is 0 Å². The zero-order valence-corrected chi connectivity index (χ0v) is 10.4. The van der Waals surface area contributed by atoms with E-state index in [9.17, 15) is 14.9 Å². The second kappa shape index (κ2) is 4.71. The van der Waals surface area contributed by atoms with Crippen LogP contribution in [0, 0.1) is 15.5 Å². The molecule has 5 nitrogen and oxygen atoms in total. The Morgan fingerprint density at radius 1 is 1.41 bits per heavy atom. The van der Waals surface area contributed by atoms with Crippen molar-refractivity contribution in [3.63, 3.8) is 0 Å². The van der Waals surface area contributed by atoms with E-state index in [4.69, 9.17) is 16.3 Å². The van der Waals surface area contributed by atoms with E-state index in [1.165, 1.54) is 12.1 Å². The number of hydrogen-bond donors (Lipinski definition) is 0. The molecule has 0 heterocycles. The van der Waals surface area contributed by atoms with Gasteiger partial charge in [0, 0.05) is 12.1 Å². The van der Waals surface area contributed by atoms with E-state index in [0.29, 0.717) is 0 Å². The molecular weight excluding hydrogens is 246 g/mol. The third-order valence-electron chi connectivity index (χ3n) is 1.94. The van der Waals surface area contributed by atoms with Crippen LogP contribution in [0.1, 0.15) is 20.8 Å². The first-order valence-corrected chi connectivity index (χ1v) is 5.26. The molecule has 0 saturated heterocycles. The molecule has 0 aromatic heterocycles. The van der Waals surface area contributed by atoms with Crippen LogP contribution in [-0.4, -0.2) is 10.9 Å². The van der Waals surface area contributed by atoms with E-state index >= 15 is 0 Å². The van der Waals surface area contributed by atoms with Gasteiger partial charge in [-0.25, -0.2) is 0 Å². The first-order valence-electron chi connectivity index (χ1n) is 4.88. The lowest BCUT2D eigenvalue weighted by Crippen LogP contribution is -2.25. The maximum absolute atomic E-state index is 11.6. The molecule has 1 rings (SSSR count). The summed E-state index contributed by atoms with van der Waals surface area (Å²) in [5, 5.41) is 10.5. The van der Waals surface area contributed by atoms with Crippen LogP contribution in [0.15, 0.2) is 18.2 Å². The van der Waals surface area contributed by atoms with Crippen molar-refractivity contribution in [1.82, 2.24) is 0 Å². The highest BCUT2D eigenvalue weighted by atomic mass is 35.5. The van der Waals surface area contributed by atoms with Crippen molar-refractivity contribution in [2.45, 2.75) is 20.8 Å². The first kappa shape index (κ1) is 13.4. The fourth-order valence-electron chi connectivity index (χ4n) is 0.939. The Kier molecular flexibility index (Phi) is 3.72. The molecule has 0 aliphatic rings. The summed E-state index contributed by atoms with van der Waals surface area (Å²) in [7, 11) is 0. The summed E-state index contributed by atoms with van der Waals surface area (Å²) < 4.78 is 5.05. The van der Waals surface area contributed by atoms with Crippen LogP contribution < -0.4 is 4.74 Å². The number of nitro groups is 1. The third kappa shape index (κ3) is 3.42. The van der Waals surface area contributed by atoms with Gasteiger partial charge in [-0.2, -0.15) is 0 Å². The number of ether oxygens (including phenoxy) is 1. The molecule has 0 radical (unpaired) electrons. The van der Waals surface area contributed by atoms with Crippen LogP contribution in [0.3, 0.4) is 0 Å². The molecule has 92 valence electrons. The van der Waals surface area contributed by atoms with Gasteiger partial charge in [-0.1, -0.05) is 11.6 Å². The zero-order chi connectivity index (χ0) is 13.2. The minimum Gasteiger partial charge on any atom is -0.425 e. The van der Waals surface area contributed by atoms with Gasteiger partial charge in [-0.3, -0.25) is 14.9 Å². The van der Waals surface area contributed by atoms with Gasteiger partial charge in [-0.15, -0.1) is 0 Å². The lowest BCUT2D eigenvalue weighted by atomic mass is 9.97. The number of hydrogen-bond acceptors (Lipinski definition) is 4. The third-order valence-corrected chi connectivity index (χ3v) is 2.24. The summed E-state index contributed by atoms with van der Waals surface area (Å²) in [4.78, 5) is 21.5. The van der Waals surface area contributed by atoms with Crippen LogP contribution in [0.4, 0.5) is 5.69 Å². The number of carbonyl (C=O) groups excluding carboxylic acids is 1. The predicted octanol–water partition coefficient (Wildman–Crippen LogP) is 3.20. The molecule has 17 heavy (non-hydrogen) atoms. The summed E-state index contributed by atoms with van der Waals surface area (Å²) in [6, 6.07) is 3.69. The Morgan fingerprint density at radius 3 is 2.41 bits per heavy atom. The zero-order valence-electron chi connectivity index (χ0n) is 9.69. The fraction of sp³-hybridized carbons (Fsp3) is 0.364. The van der Waals surface area contributed by atoms with E-state index in [2.05, 4.69) is 0 Å². The number of halogens is 1. The second-order valence-electron chi connectivity index (χ2n) is 4.51. The van der Waals surface area contributed by atoms with Gasteiger partial charge >= 0.3 is 5.97 Å². The largest absolute Gasteiger partial charge is 0.425 e. The topological polar surface area (TPSA) is 69.4 Å². The molecule has 0 fully saturated rings. The van der Waals surface area contributed by atoms with E-state index in [1.807, 2.05) is 0 Å². The van der Waals surface area contributed by atoms with Crippen LogP contribution in [-0.2, 0) is 4.79 Å². The van der Waals surface area contributed by atoms with Crippen LogP contribution >= 0.6 is 11.6 Å². The van der Waals surface area contributed by atoms with Gasteiger partial charge < -0.3 is 4.74 Å². The number of carbonyl (C=O) groups is 1. The van der Waals surface area contributed by atoms with Crippen molar-refractivity contribution in [3.8, 4) is 5.75 Å². The average Bonchev–Trinajstić information content (AvgIpc) is 2.19. The Hall–Kier alpha value is -1.62. The fourth-order valence-corrected chi connectivity index (χ4v) is 1.15. The number of esters is 1. The smallest absolute Gasteiger partial charge is 0.316 e. The van der Waals surface area contributed by atoms with Crippen molar-refractivity contribution in [1.29, 1.82) is 0 Å². The van der Waals surface area contributed by atoms with Gasteiger partial charge in [-0.05, 0) is 26.8 Å². The lowest BCUT2D eigenvalue weighted by Gasteiger charge is -2.16. The maximum Gasteiger partial charge on any atom is 0.316 e. The highest BCUT2D eigenvalue weighted by Gasteiger charge is 2.24. The quantitative estimate of drug-likeness (QED) is 0.353. The summed E-state index contributed by atoms with van der Waals surface area (Å²) in [5.41, 5.74) is -0.809. The van der Waals surface area contributed by atoms with Gasteiger partial charge in [0.15, 0.2) is 0 Å². The second-order valence-corrected chi connectivity index (χ2v) is 4.92. The standard InChI is InChI=1S/C11H12ClNO4/c1-11(2,3)10(14)17-9-5-4-7(13(15)16)6-8(9)12/h4-6H,1-3H3. The van der Waals surface area contributed by atoms with Crippen molar-refractivity contribution in [2.75, 3.05) is 0 Å². The molecule has 0 aliphatic carbocycles. The maximum atomic E-state index is 11.6. The summed E-state index contributed by atoms with van der Waals surface area (Å²) in [5.74, 6) is -0.328. The molecule has 0 spiro atoms. The molecule has 1 aromatic rings. The van der Waals surface area contributed by atoms with E-state index in [1.54, 1.807) is 20.8 Å². The summed E-state index contributed by atoms with van der Waals surface area (Å²) in [6.07, 6.45) is 0. The Morgan fingerprint density at radius 2 is 2.00 bits per heavy atom. The SMILES string of the molecule is CC(C)(C)C(=O)Oc1ccc([N+](=O)[O-])cc1Cl. The van der Waals surface area contributed by atoms with E-state index in [-0.39, 0.29) is 16.5 Å². The predicted molar refractivity (Wildman–Crippen MR) is 63.2 cm³/mol. The molecular formula is C11H12ClNO4. The average molecular weight is 258 g/mol. The first-order chi connectivity index (χ1) is 7.71. The number of non-ortho nitro benzene ring substituents is 1. The molecule has 0 atom stereocenters. The highest BCUT2D eigenvalue weighted by molar-refractivity contribution is 6.32. The Bertz CT molecular complexity index is 465. The van der Waals surface area contributed by atoms with Crippen molar-refractivity contribution in [2.24, 2.45) is 5.41 Å². The summed E-state index contributed by atoms with van der Waals surface area (Å²) in [6.45, 7) is 5.11. The Labute approximate surface area is 103 Å². The molecule has 0 saturated carbocycles. The minimum atomic E-state index is -0.662. The van der Waals surface area contributed by atoms with Crippen LogP contribution in [0.25, 0.3) is 0 Å². The van der Waals surface area contributed by atoms with Gasteiger partial charge in [0.1, 0.15) is 5.75 Å². The van der Waals surface area contributed by atoms with Crippen LogP contribution in [0.5, 0.6) is 5.75 Å². The molecule has 0 bridgehead atoms. The van der Waals surface area contributed by atoms with Gasteiger partial charge in [0.05, 0.1) is 15.4 Å². The summed E-state index contributed by atoms with van der Waals surface area (Å²) >= 11 is 5.79. The molecule has 0 unspecified atom stereocenters. The van der Waals surface area contributed by atoms with Crippen molar-refractivity contribution < 1.29 is 14.5 Å². The normalized spacial score (nSPS) is 11.1. The lowest BCUT2D eigenvalue weighted by molar-refractivity contribution is -0.384. The Balaban J connectivity index is 2.95. The monoisotopic (exact) mass is 257 g/mol. The number of nitrogens with zero attached hydrogens (tertiary/aromatic N) is 1. The van der Waals surface area contributed by atoms with E-state index < -0.39 is 16.3 Å². The van der Waals surface area contributed by atoms with Gasteiger partial charge in [0.25, 0.3) is 5.69 Å². The van der Waals surface area contributed by atoms with Crippen molar-refractivity contribution in [3.05, 3.63) is 33.3 Å². The number of benzene rings is 1. The number of rotatable bonds is 2. The molecule has 6 heteroatoms. The molecule has 1 aromatic carbocycles. The molecule has 0 N–H and O–H groups in total. The molecule has 0 aliphatic heterocycles. The molecule has 0 amide bonds. The minimum absolute atomic E-state index is 0.0387. The number of nitro benzene ring substituents is 1. The van der Waals surface area contributed by atoms with Crippen molar-refractivity contribution >= 4 is 23.3 Å². The van der Waals surface area contributed by atoms with E-state index in [0.717, 1.165) is 6.07 Å². The highest BCUT2D eigenvalue weighted by Crippen LogP contribution is 2.30. The van der Waals surface area contributed by atoms with Crippen LogP contribution in [0.2, 0.25) is 5.02 Å².